The maximum absolute atomic E-state index is 12.7. The minimum absolute atomic E-state index is 0.00149. The lowest BCUT2D eigenvalue weighted by atomic mass is 10.1. The Hall–Kier alpha value is -2.30. The van der Waals surface area contributed by atoms with Gasteiger partial charge >= 0.3 is 0 Å². The Kier molecular flexibility index (Phi) is 4.11. The third-order valence-corrected chi connectivity index (χ3v) is 4.78. The summed E-state index contributed by atoms with van der Waals surface area (Å²) in [6.45, 7) is 10.8. The Morgan fingerprint density at radius 3 is 2.75 bits per heavy atom. The molecule has 0 aliphatic heterocycles. The van der Waals surface area contributed by atoms with Gasteiger partial charge in [0.15, 0.2) is 0 Å². The van der Waals surface area contributed by atoms with Gasteiger partial charge in [0.25, 0.3) is 0 Å². The van der Waals surface area contributed by atoms with Gasteiger partial charge in [-0.2, -0.15) is 5.10 Å². The molecule has 24 heavy (non-hydrogen) atoms. The smallest absolute Gasteiger partial charge is 0.229 e. The molecule has 5 nitrogen and oxygen atoms in total. The number of allylic oxidation sites excluding steroid dienone is 2. The molecule has 0 bridgehead atoms. The molecule has 1 N–H and O–H groups in total. The van der Waals surface area contributed by atoms with E-state index < -0.39 is 0 Å². The minimum atomic E-state index is 0.00149. The van der Waals surface area contributed by atoms with Crippen molar-refractivity contribution in [3.8, 4) is 0 Å². The number of carbonyl (C=O) groups excluding carboxylic acids is 1. The van der Waals surface area contributed by atoms with Gasteiger partial charge in [-0.05, 0) is 44.2 Å². The standard InChI is InChI=1S/C19H25N3O2/c1-12(2)10-15-17(19(15,4)5)18(23)21-16-8-9-20-22(16)11-14-7-6-13(3)24-14/h6-10,15,17H,11H2,1-5H3,(H,21,23)/t15-,17+/m0/s1. The molecule has 0 radical (unpaired) electrons. The van der Waals surface area contributed by atoms with E-state index in [0.29, 0.717) is 18.3 Å². The summed E-state index contributed by atoms with van der Waals surface area (Å²) >= 11 is 0. The summed E-state index contributed by atoms with van der Waals surface area (Å²) in [6.07, 6.45) is 3.89. The van der Waals surface area contributed by atoms with Crippen LogP contribution in [-0.2, 0) is 11.3 Å². The zero-order valence-electron chi connectivity index (χ0n) is 15.0. The van der Waals surface area contributed by atoms with E-state index >= 15 is 0 Å². The number of nitrogens with one attached hydrogen (secondary N) is 1. The van der Waals surface area contributed by atoms with Crippen molar-refractivity contribution in [1.29, 1.82) is 0 Å². The topological polar surface area (TPSA) is 60.1 Å². The maximum Gasteiger partial charge on any atom is 0.229 e. The molecule has 1 aliphatic carbocycles. The lowest BCUT2D eigenvalue weighted by Gasteiger charge is -2.08. The summed E-state index contributed by atoms with van der Waals surface area (Å²) in [5.41, 5.74) is 1.26. The highest BCUT2D eigenvalue weighted by Gasteiger charge is 2.60. The number of aryl methyl sites for hydroxylation is 1. The fourth-order valence-corrected chi connectivity index (χ4v) is 3.34. The van der Waals surface area contributed by atoms with Gasteiger partial charge < -0.3 is 9.73 Å². The van der Waals surface area contributed by atoms with Crippen LogP contribution >= 0.6 is 0 Å². The Balaban J connectivity index is 1.70. The molecule has 0 spiro atoms. The number of nitrogens with zero attached hydrogens (tertiary/aromatic N) is 2. The van der Waals surface area contributed by atoms with Crippen molar-refractivity contribution >= 4 is 11.7 Å². The maximum atomic E-state index is 12.7. The largest absolute Gasteiger partial charge is 0.464 e. The number of rotatable bonds is 5. The molecular weight excluding hydrogens is 302 g/mol. The van der Waals surface area contributed by atoms with E-state index in [0.717, 1.165) is 11.5 Å². The quantitative estimate of drug-likeness (QED) is 0.844. The number of anilines is 1. The minimum Gasteiger partial charge on any atom is -0.464 e. The summed E-state index contributed by atoms with van der Waals surface area (Å²) in [7, 11) is 0. The molecule has 0 saturated heterocycles. The van der Waals surface area contributed by atoms with Gasteiger partial charge in [-0.3, -0.25) is 4.79 Å². The summed E-state index contributed by atoms with van der Waals surface area (Å²) in [6, 6.07) is 5.67. The van der Waals surface area contributed by atoms with E-state index in [1.165, 1.54) is 5.57 Å². The molecule has 2 atom stereocenters. The second kappa shape index (κ2) is 5.96. The van der Waals surface area contributed by atoms with Gasteiger partial charge in [-0.25, -0.2) is 4.68 Å². The van der Waals surface area contributed by atoms with E-state index in [-0.39, 0.29) is 17.2 Å². The van der Waals surface area contributed by atoms with Crippen molar-refractivity contribution in [1.82, 2.24) is 9.78 Å². The van der Waals surface area contributed by atoms with Crippen molar-refractivity contribution in [2.24, 2.45) is 17.3 Å². The molecular formula is C19H25N3O2. The molecule has 3 rings (SSSR count). The molecule has 1 fully saturated rings. The van der Waals surface area contributed by atoms with E-state index in [1.807, 2.05) is 25.1 Å². The van der Waals surface area contributed by atoms with Gasteiger partial charge in [0.05, 0.1) is 12.1 Å². The van der Waals surface area contributed by atoms with Crippen molar-refractivity contribution in [3.63, 3.8) is 0 Å². The lowest BCUT2D eigenvalue weighted by molar-refractivity contribution is -0.118. The summed E-state index contributed by atoms with van der Waals surface area (Å²) in [5, 5.41) is 7.32. The molecule has 2 aromatic rings. The van der Waals surface area contributed by atoms with Gasteiger partial charge in [-0.1, -0.05) is 25.5 Å². The number of hydrogen-bond acceptors (Lipinski definition) is 3. The Bertz CT molecular complexity index is 778. The fraction of sp³-hybridized carbons (Fsp3) is 0.474. The number of furan rings is 1. The molecule has 2 heterocycles. The first-order chi connectivity index (χ1) is 11.3. The van der Waals surface area contributed by atoms with E-state index in [2.05, 4.69) is 44.2 Å². The first kappa shape index (κ1) is 16.6. The van der Waals surface area contributed by atoms with Crippen LogP contribution in [0.5, 0.6) is 0 Å². The molecule has 0 aromatic carbocycles. The van der Waals surface area contributed by atoms with Gasteiger partial charge in [0.1, 0.15) is 23.9 Å². The Morgan fingerprint density at radius 1 is 1.38 bits per heavy atom. The summed E-state index contributed by atoms with van der Waals surface area (Å²) < 4.78 is 7.34. The molecule has 5 heteroatoms. The van der Waals surface area contributed by atoms with Gasteiger partial charge in [0, 0.05) is 6.07 Å². The third kappa shape index (κ3) is 3.16. The third-order valence-electron chi connectivity index (χ3n) is 4.78. The number of aromatic nitrogens is 2. The Labute approximate surface area is 142 Å². The molecule has 128 valence electrons. The van der Waals surface area contributed by atoms with E-state index in [1.54, 1.807) is 10.9 Å². The highest BCUT2D eigenvalue weighted by atomic mass is 16.3. The van der Waals surface area contributed by atoms with Crippen LogP contribution in [0.2, 0.25) is 0 Å². The van der Waals surface area contributed by atoms with Crippen LogP contribution in [0.25, 0.3) is 0 Å². The van der Waals surface area contributed by atoms with Crippen molar-refractivity contribution in [2.75, 3.05) is 5.32 Å². The van der Waals surface area contributed by atoms with Crippen molar-refractivity contribution < 1.29 is 9.21 Å². The molecule has 1 aliphatic rings. The molecule has 2 aromatic heterocycles. The predicted molar refractivity (Wildman–Crippen MR) is 93.6 cm³/mol. The normalized spacial score (nSPS) is 21.4. The zero-order valence-corrected chi connectivity index (χ0v) is 15.0. The highest BCUT2D eigenvalue weighted by Crippen LogP contribution is 2.59. The van der Waals surface area contributed by atoms with Crippen molar-refractivity contribution in [3.05, 3.63) is 47.6 Å². The summed E-state index contributed by atoms with van der Waals surface area (Å²) in [5.74, 6) is 2.74. The molecule has 1 saturated carbocycles. The van der Waals surface area contributed by atoms with E-state index in [4.69, 9.17) is 4.42 Å². The number of carbonyl (C=O) groups is 1. The monoisotopic (exact) mass is 327 g/mol. The Morgan fingerprint density at radius 2 is 2.12 bits per heavy atom. The number of hydrogen-bond donors (Lipinski definition) is 1. The average Bonchev–Trinajstić information content (AvgIpc) is 2.87. The lowest BCUT2D eigenvalue weighted by Crippen LogP contribution is -2.19. The van der Waals surface area contributed by atoms with Crippen LogP contribution in [0.3, 0.4) is 0 Å². The molecule has 0 unspecified atom stereocenters. The van der Waals surface area contributed by atoms with E-state index in [9.17, 15) is 4.79 Å². The second-order valence-corrected chi connectivity index (χ2v) is 7.44. The highest BCUT2D eigenvalue weighted by molar-refractivity contribution is 5.95. The van der Waals surface area contributed by atoms with Crippen LogP contribution in [0.4, 0.5) is 5.82 Å². The van der Waals surface area contributed by atoms with Gasteiger partial charge in [-0.15, -0.1) is 0 Å². The zero-order chi connectivity index (χ0) is 17.5. The van der Waals surface area contributed by atoms with Crippen LogP contribution in [0.1, 0.15) is 39.2 Å². The van der Waals surface area contributed by atoms with Gasteiger partial charge in [0.2, 0.25) is 5.91 Å². The SMILES string of the molecule is CC(C)=C[C@H]1[C@H](C(=O)Nc2ccnn2Cc2ccc(C)o2)C1(C)C. The second-order valence-electron chi connectivity index (χ2n) is 7.44. The van der Waals surface area contributed by atoms with Crippen molar-refractivity contribution in [2.45, 2.75) is 41.2 Å². The molecule has 1 amide bonds. The number of amides is 1. The fourth-order valence-electron chi connectivity index (χ4n) is 3.34. The first-order valence-electron chi connectivity index (χ1n) is 8.32. The predicted octanol–water partition coefficient (Wildman–Crippen LogP) is 4.01. The van der Waals surface area contributed by atoms with Crippen LogP contribution < -0.4 is 5.32 Å². The summed E-state index contributed by atoms with van der Waals surface area (Å²) in [4.78, 5) is 12.7. The van der Waals surface area contributed by atoms with Crippen LogP contribution in [0.15, 0.2) is 40.5 Å². The average molecular weight is 327 g/mol. The van der Waals surface area contributed by atoms with Crippen LogP contribution in [0, 0.1) is 24.2 Å². The first-order valence-corrected chi connectivity index (χ1v) is 8.32. The van der Waals surface area contributed by atoms with Crippen LogP contribution in [-0.4, -0.2) is 15.7 Å².